The first-order valence-corrected chi connectivity index (χ1v) is 11.5. The van der Waals surface area contributed by atoms with E-state index >= 15 is 0 Å². The molecule has 1 aliphatic carbocycles. The lowest BCUT2D eigenvalue weighted by Crippen LogP contribution is -2.49. The molecule has 0 spiro atoms. The van der Waals surface area contributed by atoms with E-state index in [2.05, 4.69) is 10.0 Å². The summed E-state index contributed by atoms with van der Waals surface area (Å²) in [5.74, 6) is -1.48. The fourth-order valence-corrected chi connectivity index (χ4v) is 4.50. The van der Waals surface area contributed by atoms with E-state index in [-0.39, 0.29) is 10.9 Å². The van der Waals surface area contributed by atoms with Crippen LogP contribution in [0.15, 0.2) is 29.2 Å². The molecule has 2 atom stereocenters. The molecule has 10 heteroatoms. The predicted octanol–water partition coefficient (Wildman–Crippen LogP) is 1.75. The second-order valence-corrected chi connectivity index (χ2v) is 9.31. The van der Waals surface area contributed by atoms with Gasteiger partial charge in [-0.3, -0.25) is 9.59 Å². The molecule has 1 amide bonds. The number of rotatable bonds is 8. The highest BCUT2D eigenvalue weighted by atomic mass is 35.5. The van der Waals surface area contributed by atoms with Gasteiger partial charge >= 0.3 is 5.97 Å². The Labute approximate surface area is 176 Å². The molecule has 1 aromatic rings. The van der Waals surface area contributed by atoms with Crippen LogP contribution in [0.2, 0.25) is 5.02 Å². The number of aliphatic hydroxyl groups is 1. The van der Waals surface area contributed by atoms with Crippen LogP contribution in [-0.4, -0.2) is 50.2 Å². The molecule has 0 unspecified atom stereocenters. The number of hydrogen-bond acceptors (Lipinski definition) is 6. The van der Waals surface area contributed by atoms with Crippen molar-refractivity contribution < 1.29 is 27.9 Å². The van der Waals surface area contributed by atoms with Gasteiger partial charge in [-0.2, -0.15) is 4.72 Å². The van der Waals surface area contributed by atoms with Gasteiger partial charge in [0.05, 0.1) is 11.0 Å². The monoisotopic (exact) mass is 446 g/mol. The highest BCUT2D eigenvalue weighted by Gasteiger charge is 2.31. The zero-order chi connectivity index (χ0) is 21.4. The number of benzene rings is 1. The number of carbonyl (C=O) groups excluding carboxylic acids is 2. The molecule has 0 heterocycles. The Morgan fingerprint density at radius 2 is 1.76 bits per heavy atom. The van der Waals surface area contributed by atoms with Gasteiger partial charge < -0.3 is 15.2 Å². The number of sulfonamides is 1. The minimum atomic E-state index is -4.10. The van der Waals surface area contributed by atoms with Crippen molar-refractivity contribution in [3.63, 3.8) is 0 Å². The van der Waals surface area contributed by atoms with Gasteiger partial charge in [-0.05, 0) is 44.0 Å². The van der Waals surface area contributed by atoms with Crippen LogP contribution in [0, 0.1) is 0 Å². The molecule has 0 aromatic heterocycles. The lowest BCUT2D eigenvalue weighted by Gasteiger charge is -2.21. The normalized spacial score (nSPS) is 17.8. The van der Waals surface area contributed by atoms with Crippen molar-refractivity contribution in [1.29, 1.82) is 0 Å². The van der Waals surface area contributed by atoms with E-state index in [1.807, 2.05) is 0 Å². The maximum absolute atomic E-state index is 12.4. The molecular formula is C19H27ClN2O6S. The van der Waals surface area contributed by atoms with Crippen molar-refractivity contribution in [3.8, 4) is 0 Å². The maximum Gasteiger partial charge on any atom is 0.327 e. The lowest BCUT2D eigenvalue weighted by molar-refractivity contribution is -0.152. The number of halogens is 1. The van der Waals surface area contributed by atoms with E-state index in [1.54, 1.807) is 0 Å². The molecular weight excluding hydrogens is 420 g/mol. The van der Waals surface area contributed by atoms with Crippen LogP contribution in [0.3, 0.4) is 0 Å². The van der Waals surface area contributed by atoms with Gasteiger partial charge in [-0.25, -0.2) is 8.42 Å². The molecule has 2 rings (SSSR count). The Morgan fingerprint density at radius 3 is 2.31 bits per heavy atom. The average molecular weight is 447 g/mol. The summed E-state index contributed by atoms with van der Waals surface area (Å²) >= 11 is 5.75. The molecule has 3 N–H and O–H groups in total. The molecule has 1 aromatic carbocycles. The van der Waals surface area contributed by atoms with Gasteiger partial charge in [0.15, 0.2) is 6.61 Å². The molecule has 0 aliphatic heterocycles. The summed E-state index contributed by atoms with van der Waals surface area (Å²) in [6, 6.07) is 3.83. The number of nitrogens with one attached hydrogen (secondary N) is 2. The van der Waals surface area contributed by atoms with Crippen molar-refractivity contribution in [2.45, 2.75) is 68.5 Å². The molecule has 1 aliphatic rings. The van der Waals surface area contributed by atoms with E-state index in [9.17, 15) is 23.1 Å². The minimum Gasteiger partial charge on any atom is -0.454 e. The van der Waals surface area contributed by atoms with Crippen molar-refractivity contribution in [2.24, 2.45) is 0 Å². The zero-order valence-electron chi connectivity index (χ0n) is 16.3. The molecule has 162 valence electrons. The van der Waals surface area contributed by atoms with Crippen LogP contribution in [0.5, 0.6) is 0 Å². The molecule has 1 fully saturated rings. The predicted molar refractivity (Wildman–Crippen MR) is 108 cm³/mol. The average Bonchev–Trinajstić information content (AvgIpc) is 2.93. The Bertz CT molecular complexity index is 789. The standard InChI is InChI=1S/C19H27ClN2O6S/c1-13(23)18(22-29(26,27)16-10-8-14(20)9-11-16)19(25)28-12-17(24)21-15-6-4-2-3-5-7-15/h8-11,13,15,18,22-23H,2-7,12H2,1H3,(H,21,24)/t13-,18-/m1/s1. The summed E-state index contributed by atoms with van der Waals surface area (Å²) in [5.41, 5.74) is 0. The first-order valence-electron chi connectivity index (χ1n) is 9.61. The smallest absolute Gasteiger partial charge is 0.327 e. The first-order chi connectivity index (χ1) is 13.7. The van der Waals surface area contributed by atoms with E-state index < -0.39 is 40.7 Å². The first kappa shape index (κ1) is 23.6. The highest BCUT2D eigenvalue weighted by Crippen LogP contribution is 2.17. The van der Waals surface area contributed by atoms with Crippen molar-refractivity contribution >= 4 is 33.5 Å². The minimum absolute atomic E-state index is 0.0553. The van der Waals surface area contributed by atoms with Crippen LogP contribution in [0.25, 0.3) is 0 Å². The number of carbonyl (C=O) groups is 2. The molecule has 0 bridgehead atoms. The van der Waals surface area contributed by atoms with E-state index in [0.717, 1.165) is 38.5 Å². The van der Waals surface area contributed by atoms with Gasteiger partial charge in [0.1, 0.15) is 6.04 Å². The van der Waals surface area contributed by atoms with Crippen LogP contribution < -0.4 is 10.0 Å². The summed E-state index contributed by atoms with van der Waals surface area (Å²) in [7, 11) is -4.10. The van der Waals surface area contributed by atoms with Crippen molar-refractivity contribution in [2.75, 3.05) is 6.61 Å². The lowest BCUT2D eigenvalue weighted by atomic mass is 10.1. The summed E-state index contributed by atoms with van der Waals surface area (Å²) in [5, 5.41) is 13.0. The van der Waals surface area contributed by atoms with Gasteiger partial charge in [-0.15, -0.1) is 0 Å². The van der Waals surface area contributed by atoms with Crippen LogP contribution in [0.1, 0.15) is 45.4 Å². The summed E-state index contributed by atoms with van der Waals surface area (Å²) in [4.78, 5) is 24.2. The molecule has 8 nitrogen and oxygen atoms in total. The van der Waals surface area contributed by atoms with E-state index in [4.69, 9.17) is 16.3 Å². The highest BCUT2D eigenvalue weighted by molar-refractivity contribution is 7.89. The zero-order valence-corrected chi connectivity index (χ0v) is 17.8. The number of hydrogen-bond donors (Lipinski definition) is 3. The Kier molecular flexibility index (Phi) is 8.88. The Hall–Kier alpha value is -1.68. The van der Waals surface area contributed by atoms with Gasteiger partial charge in [-0.1, -0.05) is 37.3 Å². The second kappa shape index (κ2) is 10.9. The summed E-state index contributed by atoms with van der Waals surface area (Å²) in [6.07, 6.45) is 4.78. The maximum atomic E-state index is 12.4. The SMILES string of the molecule is C[C@@H](O)[C@@H](NS(=O)(=O)c1ccc(Cl)cc1)C(=O)OCC(=O)NC1CCCCCC1. The van der Waals surface area contributed by atoms with Crippen LogP contribution in [0.4, 0.5) is 0 Å². The van der Waals surface area contributed by atoms with E-state index in [1.165, 1.54) is 31.2 Å². The molecule has 1 saturated carbocycles. The third kappa shape index (κ3) is 7.58. The third-order valence-corrected chi connectivity index (χ3v) is 6.42. The van der Waals surface area contributed by atoms with Gasteiger partial charge in [0.2, 0.25) is 10.0 Å². The Morgan fingerprint density at radius 1 is 1.17 bits per heavy atom. The molecule has 0 saturated heterocycles. The van der Waals surface area contributed by atoms with Crippen LogP contribution in [-0.2, 0) is 24.3 Å². The number of amides is 1. The quantitative estimate of drug-likeness (QED) is 0.413. The summed E-state index contributed by atoms with van der Waals surface area (Å²) in [6.45, 7) is 0.711. The van der Waals surface area contributed by atoms with Crippen molar-refractivity contribution in [1.82, 2.24) is 10.0 Å². The number of esters is 1. The van der Waals surface area contributed by atoms with Crippen LogP contribution >= 0.6 is 11.6 Å². The second-order valence-electron chi connectivity index (χ2n) is 7.16. The Balaban J connectivity index is 1.93. The number of ether oxygens (including phenoxy) is 1. The topological polar surface area (TPSA) is 122 Å². The van der Waals surface area contributed by atoms with Gasteiger partial charge in [0.25, 0.3) is 5.91 Å². The largest absolute Gasteiger partial charge is 0.454 e. The number of aliphatic hydroxyl groups excluding tert-OH is 1. The summed E-state index contributed by atoms with van der Waals surface area (Å²) < 4.78 is 31.9. The third-order valence-electron chi connectivity index (χ3n) is 4.71. The van der Waals surface area contributed by atoms with Gasteiger partial charge in [0, 0.05) is 11.1 Å². The van der Waals surface area contributed by atoms with E-state index in [0.29, 0.717) is 5.02 Å². The molecule has 29 heavy (non-hydrogen) atoms. The van der Waals surface area contributed by atoms with Crippen molar-refractivity contribution in [3.05, 3.63) is 29.3 Å². The molecule has 0 radical (unpaired) electrons. The fraction of sp³-hybridized carbons (Fsp3) is 0.579. The fourth-order valence-electron chi connectivity index (χ4n) is 3.11.